The maximum absolute atomic E-state index is 11.8. The quantitative estimate of drug-likeness (QED) is 0.427. The van der Waals surface area contributed by atoms with Gasteiger partial charge in [0.15, 0.2) is 0 Å². The Labute approximate surface area is 216 Å². The van der Waals surface area contributed by atoms with Crippen molar-refractivity contribution in [3.8, 4) is 0 Å². The first-order chi connectivity index (χ1) is 9.10. The van der Waals surface area contributed by atoms with Crippen molar-refractivity contribution in [2.75, 3.05) is 13.1 Å². The van der Waals surface area contributed by atoms with E-state index in [0.29, 0.717) is 12.5 Å². The van der Waals surface area contributed by atoms with Crippen LogP contribution in [0.1, 0.15) is 33.6 Å². The Balaban J connectivity index is 0. The maximum atomic E-state index is 11.8. The molecule has 22 heavy (non-hydrogen) atoms. The van der Waals surface area contributed by atoms with Crippen molar-refractivity contribution in [3.05, 3.63) is 0 Å². The zero-order valence-corrected chi connectivity index (χ0v) is 20.2. The van der Waals surface area contributed by atoms with Crippen molar-refractivity contribution in [1.29, 1.82) is 0 Å². The number of carbonyl (C=O) groups is 2. The summed E-state index contributed by atoms with van der Waals surface area (Å²) in [5, 5.41) is 26.4. The van der Waals surface area contributed by atoms with Crippen molar-refractivity contribution in [2.45, 2.75) is 45.3 Å². The number of rotatable bonds is 0. The number of carbonyl (C=O) groups excluding carboxylic acids is 2. The van der Waals surface area contributed by atoms with Crippen molar-refractivity contribution < 1.29 is 132 Å². The molecule has 1 amide bonds. The van der Waals surface area contributed by atoms with E-state index in [9.17, 15) is 9.90 Å². The Bertz CT molecular complexity index is 370. The van der Waals surface area contributed by atoms with Crippen LogP contribution in [0.4, 0.5) is 9.59 Å². The number of hydrogen-bond acceptors (Lipinski definition) is 6. The number of amides is 1. The monoisotopic (exact) mass is 365 g/mol. The van der Waals surface area contributed by atoms with E-state index in [2.05, 4.69) is 0 Å². The molecule has 2 fully saturated rings. The van der Waals surface area contributed by atoms with E-state index in [1.54, 1.807) is 4.90 Å². The number of fused-ring (bicyclic) bond motifs is 1. The minimum atomic E-state index is -2.33. The Hall–Kier alpha value is 1.77. The van der Waals surface area contributed by atoms with Gasteiger partial charge in [-0.05, 0) is 45.7 Å². The summed E-state index contributed by atoms with van der Waals surface area (Å²) in [6.45, 7) is 7.02. The Morgan fingerprint density at radius 2 is 1.64 bits per heavy atom. The average Bonchev–Trinajstić information content (AvgIpc) is 2.78. The van der Waals surface area contributed by atoms with Gasteiger partial charge in [0.1, 0.15) is 5.60 Å². The molecule has 3 atom stereocenters. The summed E-state index contributed by atoms with van der Waals surface area (Å²) in [5.74, 6) is 0.745. The first kappa shape index (κ1) is 26.0. The zero-order valence-electron chi connectivity index (χ0n) is 14.0. The molecule has 2 aliphatic rings. The summed E-state index contributed by atoms with van der Waals surface area (Å²) in [6.07, 6.45) is -0.880. The third kappa shape index (κ3) is 9.31. The SMILES string of the molecule is CC(C)(C)OC(=O)N1C[C@@H]2CC[C@@H](O)[C@@H]2C1.O=C([O-])[O-].[K+].[K+]. The second-order valence-corrected chi connectivity index (χ2v) is 6.20. The number of hydrogen-bond donors (Lipinski definition) is 1. The summed E-state index contributed by atoms with van der Waals surface area (Å²) in [7, 11) is 0. The normalized spacial score (nSPS) is 25.8. The molecule has 0 aromatic carbocycles. The summed E-state index contributed by atoms with van der Waals surface area (Å²) >= 11 is 0. The summed E-state index contributed by atoms with van der Waals surface area (Å²) in [4.78, 5) is 21.9. The molecule has 9 heteroatoms. The molecule has 1 heterocycles. The van der Waals surface area contributed by atoms with E-state index >= 15 is 0 Å². The smallest absolute Gasteiger partial charge is 0.652 e. The van der Waals surface area contributed by atoms with Crippen LogP contribution in [-0.2, 0) is 4.74 Å². The molecule has 1 saturated carbocycles. The predicted octanol–water partition coefficient (Wildman–Crippen LogP) is -6.81. The van der Waals surface area contributed by atoms with Gasteiger partial charge in [0.25, 0.3) is 0 Å². The van der Waals surface area contributed by atoms with Crippen molar-refractivity contribution in [3.63, 3.8) is 0 Å². The maximum Gasteiger partial charge on any atom is 1.00 e. The number of likely N-dealkylation sites (tertiary alicyclic amines) is 1. The molecule has 1 aliphatic heterocycles. The molecule has 0 aromatic heterocycles. The molecule has 0 radical (unpaired) electrons. The van der Waals surface area contributed by atoms with Gasteiger partial charge in [-0.1, -0.05) is 0 Å². The van der Waals surface area contributed by atoms with Crippen molar-refractivity contribution >= 4 is 12.2 Å². The number of carboxylic acid groups (broad SMARTS) is 2. The third-order valence-corrected chi connectivity index (χ3v) is 3.47. The second kappa shape index (κ2) is 11.4. The molecule has 116 valence electrons. The van der Waals surface area contributed by atoms with Crippen LogP contribution in [0.15, 0.2) is 0 Å². The molecule has 0 aromatic rings. The second-order valence-electron chi connectivity index (χ2n) is 6.20. The molecule has 1 aliphatic carbocycles. The van der Waals surface area contributed by atoms with Crippen LogP contribution in [0.3, 0.4) is 0 Å². The van der Waals surface area contributed by atoms with E-state index in [1.807, 2.05) is 20.8 Å². The molecule has 1 N–H and O–H groups in total. The van der Waals surface area contributed by atoms with Crippen molar-refractivity contribution in [2.24, 2.45) is 11.8 Å². The summed E-state index contributed by atoms with van der Waals surface area (Å²) in [5.41, 5.74) is -0.437. The summed E-state index contributed by atoms with van der Waals surface area (Å²) in [6, 6.07) is 0. The number of ether oxygens (including phenoxy) is 1. The van der Waals surface area contributed by atoms with Gasteiger partial charge in [-0.2, -0.15) is 0 Å². The van der Waals surface area contributed by atoms with E-state index < -0.39 is 11.8 Å². The van der Waals surface area contributed by atoms with Gasteiger partial charge in [-0.25, -0.2) is 4.79 Å². The standard InChI is InChI=1S/C12H21NO3.CH2O3.2K/c1-12(2,3)16-11(15)13-6-8-4-5-10(14)9(8)7-13;2-1(3)4;;/h8-10,14H,4-7H2,1-3H3;(H2,2,3,4);;/q;;2*+1/p-2/t8-,9+,10+;;;/m0.../s1. The van der Waals surface area contributed by atoms with E-state index in [-0.39, 0.29) is 121 Å². The first-order valence-corrected chi connectivity index (χ1v) is 6.64. The summed E-state index contributed by atoms with van der Waals surface area (Å²) < 4.78 is 5.33. The number of aliphatic hydroxyl groups excluding tert-OH is 1. The van der Waals surface area contributed by atoms with Crippen LogP contribution in [0.25, 0.3) is 0 Å². The van der Waals surface area contributed by atoms with E-state index in [0.717, 1.165) is 19.4 Å². The van der Waals surface area contributed by atoms with Gasteiger partial charge in [-0.3, -0.25) is 0 Å². The molecular formula is C13H21K2NO6. The molecule has 7 nitrogen and oxygen atoms in total. The number of nitrogens with zero attached hydrogens (tertiary/aromatic N) is 1. The van der Waals surface area contributed by atoms with Crippen LogP contribution in [0.5, 0.6) is 0 Å². The minimum absolute atomic E-state index is 0. The topological polar surface area (TPSA) is 113 Å². The molecule has 0 bridgehead atoms. The molecular weight excluding hydrogens is 344 g/mol. The Morgan fingerprint density at radius 1 is 1.14 bits per heavy atom. The zero-order chi connectivity index (χ0) is 15.5. The van der Waals surface area contributed by atoms with Gasteiger partial charge < -0.3 is 29.8 Å². The van der Waals surface area contributed by atoms with Crippen molar-refractivity contribution in [1.82, 2.24) is 4.90 Å². The fourth-order valence-corrected chi connectivity index (χ4v) is 2.71. The fraction of sp³-hybridized carbons (Fsp3) is 0.846. The van der Waals surface area contributed by atoms with Crippen LogP contribution in [-0.4, -0.2) is 47.0 Å². The third-order valence-electron chi connectivity index (χ3n) is 3.47. The van der Waals surface area contributed by atoms with Crippen LogP contribution < -0.4 is 113 Å². The molecule has 2 rings (SSSR count). The molecule has 0 unspecified atom stereocenters. The van der Waals surface area contributed by atoms with E-state index in [4.69, 9.17) is 19.7 Å². The van der Waals surface area contributed by atoms with Crippen LogP contribution in [0.2, 0.25) is 0 Å². The largest absolute Gasteiger partial charge is 1.00 e. The fourth-order valence-electron chi connectivity index (χ4n) is 2.71. The molecule has 0 spiro atoms. The van der Waals surface area contributed by atoms with Gasteiger partial charge in [-0.15, -0.1) is 0 Å². The van der Waals surface area contributed by atoms with Gasteiger partial charge in [0.2, 0.25) is 0 Å². The van der Waals surface area contributed by atoms with Gasteiger partial charge in [0.05, 0.1) is 6.10 Å². The van der Waals surface area contributed by atoms with Crippen LogP contribution in [0, 0.1) is 11.8 Å². The Kier molecular flexibility index (Phi) is 13.5. The predicted molar refractivity (Wildman–Crippen MR) is 65.4 cm³/mol. The van der Waals surface area contributed by atoms with Gasteiger partial charge in [0, 0.05) is 19.0 Å². The Morgan fingerprint density at radius 3 is 2.05 bits per heavy atom. The van der Waals surface area contributed by atoms with Crippen LogP contribution >= 0.6 is 0 Å². The van der Waals surface area contributed by atoms with Gasteiger partial charge >= 0.3 is 109 Å². The number of aliphatic hydroxyl groups is 1. The van der Waals surface area contributed by atoms with E-state index in [1.165, 1.54) is 0 Å². The average molecular weight is 366 g/mol. The first-order valence-electron chi connectivity index (χ1n) is 6.64. The molecule has 1 saturated heterocycles. The minimum Gasteiger partial charge on any atom is -0.652 e.